The van der Waals surface area contributed by atoms with E-state index in [9.17, 15) is 9.59 Å². The van der Waals surface area contributed by atoms with Crippen molar-refractivity contribution in [2.75, 3.05) is 11.9 Å². The van der Waals surface area contributed by atoms with E-state index in [0.29, 0.717) is 11.1 Å². The highest BCUT2D eigenvalue weighted by molar-refractivity contribution is 6.09. The van der Waals surface area contributed by atoms with E-state index >= 15 is 0 Å². The fraction of sp³-hybridized carbons (Fsp3) is 0.0714. The minimum Gasteiger partial charge on any atom is -0.318 e. The lowest BCUT2D eigenvalue weighted by atomic mass is 10.0. The molecule has 0 bridgehead atoms. The number of anilines is 1. The first-order valence-corrected chi connectivity index (χ1v) is 5.45. The van der Waals surface area contributed by atoms with E-state index in [0.717, 1.165) is 12.1 Å². The summed E-state index contributed by atoms with van der Waals surface area (Å²) < 4.78 is 0. The summed E-state index contributed by atoms with van der Waals surface area (Å²) in [5.74, 6) is -0.0577. The molecule has 4 heteroatoms. The second-order valence-corrected chi connectivity index (χ2v) is 3.83. The third-order valence-electron chi connectivity index (χ3n) is 2.64. The van der Waals surface area contributed by atoms with E-state index in [2.05, 4.69) is 4.98 Å². The summed E-state index contributed by atoms with van der Waals surface area (Å²) in [6, 6.07) is 10.2. The van der Waals surface area contributed by atoms with Crippen molar-refractivity contribution in [3.63, 3.8) is 0 Å². The third-order valence-corrected chi connectivity index (χ3v) is 2.64. The van der Waals surface area contributed by atoms with E-state index in [1.54, 1.807) is 55.8 Å². The van der Waals surface area contributed by atoms with Gasteiger partial charge >= 0.3 is 0 Å². The molecular formula is C14H12N2O2. The van der Waals surface area contributed by atoms with Gasteiger partial charge in [0.2, 0.25) is 6.41 Å². The van der Waals surface area contributed by atoms with Crippen LogP contribution in [-0.2, 0) is 4.79 Å². The van der Waals surface area contributed by atoms with Crippen LogP contribution in [0.3, 0.4) is 0 Å². The molecule has 0 atom stereocenters. The van der Waals surface area contributed by atoms with Gasteiger partial charge in [-0.2, -0.15) is 0 Å². The molecule has 1 amide bonds. The second kappa shape index (κ2) is 5.23. The maximum Gasteiger partial charge on any atom is 0.213 e. The zero-order chi connectivity index (χ0) is 13.0. The lowest BCUT2D eigenvalue weighted by molar-refractivity contribution is -0.107. The summed E-state index contributed by atoms with van der Waals surface area (Å²) in [5.41, 5.74) is 1.93. The van der Waals surface area contributed by atoms with Crippen LogP contribution in [0, 0.1) is 0 Å². The van der Waals surface area contributed by atoms with Gasteiger partial charge in [0, 0.05) is 36.3 Å². The van der Waals surface area contributed by atoms with Gasteiger partial charge in [-0.05, 0) is 36.4 Å². The van der Waals surface area contributed by atoms with Gasteiger partial charge < -0.3 is 4.90 Å². The molecule has 90 valence electrons. The summed E-state index contributed by atoms with van der Waals surface area (Å²) in [5, 5.41) is 0. The molecule has 0 saturated heterocycles. The SMILES string of the molecule is CN(C=O)c1ccc(C(=O)c2ccncc2)cc1. The lowest BCUT2D eigenvalue weighted by Crippen LogP contribution is -2.13. The number of aromatic nitrogens is 1. The van der Waals surface area contributed by atoms with Gasteiger partial charge in [0.1, 0.15) is 0 Å². The first kappa shape index (κ1) is 12.0. The standard InChI is InChI=1S/C14H12N2O2/c1-16(10-17)13-4-2-11(3-5-13)14(18)12-6-8-15-9-7-12/h2-10H,1H3. The molecule has 0 fully saturated rings. The van der Waals surface area contributed by atoms with Gasteiger partial charge in [0.25, 0.3) is 0 Å². The summed E-state index contributed by atoms with van der Waals surface area (Å²) in [6.45, 7) is 0. The summed E-state index contributed by atoms with van der Waals surface area (Å²) in [7, 11) is 1.66. The number of carbonyl (C=O) groups excluding carboxylic acids is 2. The smallest absolute Gasteiger partial charge is 0.213 e. The fourth-order valence-electron chi connectivity index (χ4n) is 1.58. The first-order valence-electron chi connectivity index (χ1n) is 5.45. The largest absolute Gasteiger partial charge is 0.318 e. The van der Waals surface area contributed by atoms with Crippen molar-refractivity contribution in [1.29, 1.82) is 0 Å². The molecule has 0 unspecified atom stereocenters. The van der Waals surface area contributed by atoms with Crippen molar-refractivity contribution >= 4 is 17.9 Å². The van der Waals surface area contributed by atoms with Crippen molar-refractivity contribution in [1.82, 2.24) is 4.98 Å². The van der Waals surface area contributed by atoms with Gasteiger partial charge in [0.05, 0.1) is 0 Å². The Balaban J connectivity index is 2.25. The van der Waals surface area contributed by atoms with Crippen LogP contribution in [0.5, 0.6) is 0 Å². The summed E-state index contributed by atoms with van der Waals surface area (Å²) >= 11 is 0. The molecule has 2 rings (SSSR count). The molecule has 0 N–H and O–H groups in total. The molecule has 0 aliphatic carbocycles. The molecule has 0 aliphatic heterocycles. The van der Waals surface area contributed by atoms with Crippen LogP contribution >= 0.6 is 0 Å². The minimum atomic E-state index is -0.0577. The number of rotatable bonds is 4. The molecule has 0 spiro atoms. The number of pyridine rings is 1. The van der Waals surface area contributed by atoms with E-state index in [1.165, 1.54) is 4.90 Å². The van der Waals surface area contributed by atoms with Gasteiger partial charge in [-0.25, -0.2) is 0 Å². The highest BCUT2D eigenvalue weighted by Crippen LogP contribution is 2.15. The Morgan fingerprint density at radius 3 is 2.17 bits per heavy atom. The van der Waals surface area contributed by atoms with Gasteiger partial charge in [-0.3, -0.25) is 14.6 Å². The van der Waals surface area contributed by atoms with Crippen molar-refractivity contribution in [3.05, 3.63) is 59.9 Å². The number of hydrogen-bond donors (Lipinski definition) is 0. The number of carbonyl (C=O) groups is 2. The Labute approximate surface area is 105 Å². The molecular weight excluding hydrogens is 228 g/mol. The average Bonchev–Trinajstić information content (AvgIpc) is 2.47. The summed E-state index contributed by atoms with van der Waals surface area (Å²) in [6.07, 6.45) is 3.89. The van der Waals surface area contributed by atoms with Crippen molar-refractivity contribution in [2.24, 2.45) is 0 Å². The highest BCUT2D eigenvalue weighted by Gasteiger charge is 2.08. The fourth-order valence-corrected chi connectivity index (χ4v) is 1.58. The number of hydrogen-bond acceptors (Lipinski definition) is 3. The zero-order valence-electron chi connectivity index (χ0n) is 9.91. The predicted molar refractivity (Wildman–Crippen MR) is 68.6 cm³/mol. The number of benzene rings is 1. The van der Waals surface area contributed by atoms with Gasteiger partial charge in [0.15, 0.2) is 5.78 Å². The monoisotopic (exact) mass is 240 g/mol. The van der Waals surface area contributed by atoms with E-state index in [1.807, 2.05) is 0 Å². The van der Waals surface area contributed by atoms with Crippen molar-refractivity contribution in [2.45, 2.75) is 0 Å². The second-order valence-electron chi connectivity index (χ2n) is 3.83. The molecule has 1 aromatic carbocycles. The van der Waals surface area contributed by atoms with Crippen LogP contribution in [0.1, 0.15) is 15.9 Å². The Morgan fingerprint density at radius 1 is 1.06 bits per heavy atom. The first-order chi connectivity index (χ1) is 8.72. The molecule has 0 aliphatic rings. The predicted octanol–water partition coefficient (Wildman–Crippen LogP) is 1.91. The average molecular weight is 240 g/mol. The number of nitrogens with zero attached hydrogens (tertiary/aromatic N) is 2. The topological polar surface area (TPSA) is 50.3 Å². The minimum absolute atomic E-state index is 0.0577. The normalized spacial score (nSPS) is 9.83. The van der Waals surface area contributed by atoms with Crippen LogP contribution in [0.2, 0.25) is 0 Å². The number of ketones is 1. The van der Waals surface area contributed by atoms with Crippen LogP contribution in [0.15, 0.2) is 48.8 Å². The molecule has 2 aromatic rings. The Kier molecular flexibility index (Phi) is 3.48. The third kappa shape index (κ3) is 2.43. The van der Waals surface area contributed by atoms with E-state index < -0.39 is 0 Å². The Morgan fingerprint density at radius 2 is 1.61 bits per heavy atom. The van der Waals surface area contributed by atoms with Crippen molar-refractivity contribution in [3.8, 4) is 0 Å². The van der Waals surface area contributed by atoms with Crippen molar-refractivity contribution < 1.29 is 9.59 Å². The molecule has 0 radical (unpaired) electrons. The molecule has 1 heterocycles. The van der Waals surface area contributed by atoms with Gasteiger partial charge in [-0.1, -0.05) is 0 Å². The van der Waals surface area contributed by atoms with Gasteiger partial charge in [-0.15, -0.1) is 0 Å². The lowest BCUT2D eigenvalue weighted by Gasteiger charge is -2.10. The van der Waals surface area contributed by atoms with E-state index in [4.69, 9.17) is 0 Å². The molecule has 4 nitrogen and oxygen atoms in total. The maximum absolute atomic E-state index is 12.1. The quantitative estimate of drug-likeness (QED) is 0.606. The molecule has 0 saturated carbocycles. The van der Waals surface area contributed by atoms with Crippen LogP contribution in [-0.4, -0.2) is 24.2 Å². The van der Waals surface area contributed by atoms with Crippen LogP contribution in [0.25, 0.3) is 0 Å². The molecule has 1 aromatic heterocycles. The van der Waals surface area contributed by atoms with E-state index in [-0.39, 0.29) is 5.78 Å². The number of amides is 1. The Hall–Kier alpha value is -2.49. The van der Waals surface area contributed by atoms with Crippen LogP contribution in [0.4, 0.5) is 5.69 Å². The molecule has 18 heavy (non-hydrogen) atoms. The zero-order valence-corrected chi connectivity index (χ0v) is 9.91. The van der Waals surface area contributed by atoms with Crippen LogP contribution < -0.4 is 4.90 Å². The highest BCUT2D eigenvalue weighted by atomic mass is 16.1. The summed E-state index contributed by atoms with van der Waals surface area (Å²) in [4.78, 5) is 28.0. The Bertz CT molecular complexity index is 550. The maximum atomic E-state index is 12.1.